The Morgan fingerprint density at radius 1 is 1.12 bits per heavy atom. The summed E-state index contributed by atoms with van der Waals surface area (Å²) in [5.74, 6) is 0.785. The molecule has 1 saturated heterocycles. The van der Waals surface area contributed by atoms with Gasteiger partial charge in [0.1, 0.15) is 0 Å². The summed E-state index contributed by atoms with van der Waals surface area (Å²) in [6.45, 7) is 4.67. The molecule has 1 aromatic carbocycles. The fourth-order valence-corrected chi connectivity index (χ4v) is 3.38. The van der Waals surface area contributed by atoms with Crippen molar-refractivity contribution in [3.05, 3.63) is 34.4 Å². The molecule has 1 aliphatic carbocycles. The molecule has 0 aromatic heterocycles. The van der Waals surface area contributed by atoms with E-state index >= 15 is 0 Å². The molecular formula is C15H21N. The summed E-state index contributed by atoms with van der Waals surface area (Å²) in [5, 5.41) is 3.49. The molecule has 1 nitrogen and oxygen atoms in total. The third-order valence-corrected chi connectivity index (χ3v) is 4.31. The van der Waals surface area contributed by atoms with Gasteiger partial charge in [0.05, 0.1) is 0 Å². The van der Waals surface area contributed by atoms with Crippen molar-refractivity contribution in [2.75, 3.05) is 13.1 Å². The minimum atomic E-state index is 0.785. The van der Waals surface area contributed by atoms with E-state index in [9.17, 15) is 0 Å². The molecule has 1 aromatic rings. The fraction of sp³-hybridized carbons (Fsp3) is 0.600. The van der Waals surface area contributed by atoms with Gasteiger partial charge in [0, 0.05) is 6.54 Å². The van der Waals surface area contributed by atoms with E-state index in [1.54, 1.807) is 16.7 Å². The Labute approximate surface area is 98.3 Å². The van der Waals surface area contributed by atoms with Gasteiger partial charge in [0.25, 0.3) is 0 Å². The van der Waals surface area contributed by atoms with Crippen molar-refractivity contribution < 1.29 is 0 Å². The number of rotatable bonds is 1. The number of benzene rings is 1. The number of hydrogen-bond acceptors (Lipinski definition) is 1. The van der Waals surface area contributed by atoms with E-state index in [1.165, 1.54) is 50.8 Å². The van der Waals surface area contributed by atoms with Crippen molar-refractivity contribution in [2.24, 2.45) is 0 Å². The molecule has 0 saturated carbocycles. The van der Waals surface area contributed by atoms with Gasteiger partial charge in [-0.1, -0.05) is 12.1 Å². The molecule has 0 bridgehead atoms. The SMILES string of the molecule is Cc1ccc(C2CCNC2)c2c1CCCC2. The van der Waals surface area contributed by atoms with Gasteiger partial charge in [-0.25, -0.2) is 0 Å². The summed E-state index contributed by atoms with van der Waals surface area (Å²) in [7, 11) is 0. The zero-order chi connectivity index (χ0) is 11.0. The van der Waals surface area contributed by atoms with E-state index in [4.69, 9.17) is 0 Å². The third-order valence-electron chi connectivity index (χ3n) is 4.31. The summed E-state index contributed by atoms with van der Waals surface area (Å²) < 4.78 is 0. The molecule has 1 N–H and O–H groups in total. The maximum atomic E-state index is 3.49. The topological polar surface area (TPSA) is 12.0 Å². The lowest BCUT2D eigenvalue weighted by atomic mass is 9.81. The van der Waals surface area contributed by atoms with Crippen LogP contribution in [0.3, 0.4) is 0 Å². The molecule has 16 heavy (non-hydrogen) atoms. The van der Waals surface area contributed by atoms with E-state index in [1.807, 2.05) is 0 Å². The summed E-state index contributed by atoms with van der Waals surface area (Å²) in [4.78, 5) is 0. The Hall–Kier alpha value is -0.820. The first-order valence-electron chi connectivity index (χ1n) is 6.68. The molecule has 1 heterocycles. The van der Waals surface area contributed by atoms with Crippen LogP contribution in [-0.4, -0.2) is 13.1 Å². The molecule has 1 unspecified atom stereocenters. The van der Waals surface area contributed by atoms with Gasteiger partial charge in [-0.05, 0) is 73.7 Å². The van der Waals surface area contributed by atoms with Crippen molar-refractivity contribution in [1.29, 1.82) is 0 Å². The molecule has 86 valence electrons. The lowest BCUT2D eigenvalue weighted by Gasteiger charge is -2.24. The predicted octanol–water partition coefficient (Wildman–Crippen LogP) is 2.95. The van der Waals surface area contributed by atoms with Crippen LogP contribution >= 0.6 is 0 Å². The first kappa shape index (κ1) is 10.3. The van der Waals surface area contributed by atoms with Gasteiger partial charge in [-0.3, -0.25) is 0 Å². The third kappa shape index (κ3) is 1.67. The van der Waals surface area contributed by atoms with Gasteiger partial charge in [-0.15, -0.1) is 0 Å². The molecule has 1 aliphatic heterocycles. The van der Waals surface area contributed by atoms with Crippen LogP contribution in [0.25, 0.3) is 0 Å². The molecule has 1 heteroatoms. The van der Waals surface area contributed by atoms with E-state index in [2.05, 4.69) is 24.4 Å². The van der Waals surface area contributed by atoms with E-state index in [-0.39, 0.29) is 0 Å². The molecule has 0 radical (unpaired) electrons. The highest BCUT2D eigenvalue weighted by atomic mass is 14.9. The van der Waals surface area contributed by atoms with E-state index in [0.29, 0.717) is 0 Å². The molecule has 1 atom stereocenters. The average molecular weight is 215 g/mol. The zero-order valence-electron chi connectivity index (χ0n) is 10.2. The van der Waals surface area contributed by atoms with E-state index < -0.39 is 0 Å². The van der Waals surface area contributed by atoms with Crippen LogP contribution < -0.4 is 5.32 Å². The van der Waals surface area contributed by atoms with E-state index in [0.717, 1.165) is 5.92 Å². The van der Waals surface area contributed by atoms with Crippen molar-refractivity contribution in [3.63, 3.8) is 0 Å². The van der Waals surface area contributed by atoms with Crippen molar-refractivity contribution in [1.82, 2.24) is 5.32 Å². The maximum Gasteiger partial charge on any atom is 0.00207 e. The number of hydrogen-bond donors (Lipinski definition) is 1. The Kier molecular flexibility index (Phi) is 2.72. The Morgan fingerprint density at radius 3 is 2.69 bits per heavy atom. The van der Waals surface area contributed by atoms with Crippen LogP contribution in [0.4, 0.5) is 0 Å². The molecule has 2 aliphatic rings. The molecule has 1 fully saturated rings. The average Bonchev–Trinajstić information content (AvgIpc) is 2.83. The molecule has 3 rings (SSSR count). The smallest absolute Gasteiger partial charge is 0.00207 e. The van der Waals surface area contributed by atoms with Gasteiger partial charge >= 0.3 is 0 Å². The normalized spacial score (nSPS) is 24.4. The van der Waals surface area contributed by atoms with Crippen LogP contribution in [0.2, 0.25) is 0 Å². The second-order valence-electron chi connectivity index (χ2n) is 5.33. The first-order chi connectivity index (χ1) is 7.86. The fourth-order valence-electron chi connectivity index (χ4n) is 3.38. The quantitative estimate of drug-likeness (QED) is 0.759. The highest BCUT2D eigenvalue weighted by molar-refractivity contribution is 5.44. The minimum absolute atomic E-state index is 0.785. The summed E-state index contributed by atoms with van der Waals surface area (Å²) >= 11 is 0. The highest BCUT2D eigenvalue weighted by Gasteiger charge is 2.23. The van der Waals surface area contributed by atoms with Crippen LogP contribution in [0, 0.1) is 6.92 Å². The Balaban J connectivity index is 2.04. The standard InChI is InChI=1S/C15H21N/c1-11-6-7-14(12-8-9-16-10-12)15-5-3-2-4-13(11)15/h6-7,12,16H,2-5,8-10H2,1H3. The predicted molar refractivity (Wildman–Crippen MR) is 68.0 cm³/mol. The van der Waals surface area contributed by atoms with Crippen LogP contribution in [-0.2, 0) is 12.8 Å². The summed E-state index contributed by atoms with van der Waals surface area (Å²) in [6, 6.07) is 4.74. The van der Waals surface area contributed by atoms with Gasteiger partial charge in [-0.2, -0.15) is 0 Å². The van der Waals surface area contributed by atoms with Crippen LogP contribution in [0.5, 0.6) is 0 Å². The van der Waals surface area contributed by atoms with Crippen LogP contribution in [0.1, 0.15) is 47.4 Å². The first-order valence-corrected chi connectivity index (χ1v) is 6.68. The molecule has 0 spiro atoms. The van der Waals surface area contributed by atoms with Crippen molar-refractivity contribution in [2.45, 2.75) is 44.9 Å². The van der Waals surface area contributed by atoms with Gasteiger partial charge in [0.2, 0.25) is 0 Å². The number of fused-ring (bicyclic) bond motifs is 1. The largest absolute Gasteiger partial charge is 0.316 e. The van der Waals surface area contributed by atoms with Crippen molar-refractivity contribution >= 4 is 0 Å². The molecule has 0 amide bonds. The number of aryl methyl sites for hydroxylation is 1. The lowest BCUT2D eigenvalue weighted by molar-refractivity contribution is 0.657. The van der Waals surface area contributed by atoms with Gasteiger partial charge in [0.15, 0.2) is 0 Å². The van der Waals surface area contributed by atoms with Crippen molar-refractivity contribution in [3.8, 4) is 0 Å². The minimum Gasteiger partial charge on any atom is -0.316 e. The maximum absolute atomic E-state index is 3.49. The Bertz CT molecular complexity index is 389. The lowest BCUT2D eigenvalue weighted by Crippen LogP contribution is -2.13. The Morgan fingerprint density at radius 2 is 1.94 bits per heavy atom. The monoisotopic (exact) mass is 215 g/mol. The number of nitrogens with one attached hydrogen (secondary N) is 1. The summed E-state index contributed by atoms with van der Waals surface area (Å²) in [5.41, 5.74) is 6.56. The van der Waals surface area contributed by atoms with Crippen LogP contribution in [0.15, 0.2) is 12.1 Å². The molecular weight excluding hydrogens is 194 g/mol. The second-order valence-corrected chi connectivity index (χ2v) is 5.33. The second kappa shape index (κ2) is 4.21. The van der Waals surface area contributed by atoms with Gasteiger partial charge < -0.3 is 5.32 Å². The zero-order valence-corrected chi connectivity index (χ0v) is 10.2. The summed E-state index contributed by atoms with van der Waals surface area (Å²) in [6.07, 6.45) is 6.75. The highest BCUT2D eigenvalue weighted by Crippen LogP contribution is 2.33.